The Morgan fingerprint density at radius 3 is 2.56 bits per heavy atom. The van der Waals surface area contributed by atoms with Gasteiger partial charge in [0.15, 0.2) is 0 Å². The Hall–Kier alpha value is -0.120. The maximum atomic E-state index is 9.30. The molecule has 0 aliphatic heterocycles. The van der Waals surface area contributed by atoms with Crippen LogP contribution < -0.4 is 0 Å². The topological polar surface area (TPSA) is 49.7 Å². The summed E-state index contributed by atoms with van der Waals surface area (Å²) in [6.45, 7) is 6.78. The number of hydrogen-bond acceptors (Lipinski definition) is 3. The van der Waals surface area contributed by atoms with Crippen molar-refractivity contribution >= 4 is 0 Å². The smallest absolute Gasteiger partial charge is 0.100 e. The summed E-state index contributed by atoms with van der Waals surface area (Å²) in [6.07, 6.45) is 3.11. The molecular weight excluding hydrogens is 204 g/mol. The fraction of sp³-hybridized carbons (Fsp3) is 1.00. The van der Waals surface area contributed by atoms with Crippen LogP contribution in [-0.4, -0.2) is 35.6 Å². The molecule has 0 heterocycles. The summed E-state index contributed by atoms with van der Waals surface area (Å²) in [5, 5.41) is 18.1. The van der Waals surface area contributed by atoms with E-state index in [1.807, 2.05) is 0 Å². The van der Waals surface area contributed by atoms with Crippen molar-refractivity contribution < 1.29 is 14.9 Å². The van der Waals surface area contributed by atoms with Crippen LogP contribution >= 0.6 is 0 Å². The SMILES string of the molecule is CC(C)[C@@H]1CC[C@@H](C)C[C@H]1OC[C@H](O)CO. The molecule has 3 nitrogen and oxygen atoms in total. The van der Waals surface area contributed by atoms with Crippen LogP contribution in [0, 0.1) is 17.8 Å². The molecule has 0 spiro atoms. The molecule has 0 aromatic carbocycles. The fourth-order valence-electron chi connectivity index (χ4n) is 2.59. The van der Waals surface area contributed by atoms with Gasteiger partial charge in [-0.05, 0) is 30.6 Å². The van der Waals surface area contributed by atoms with Gasteiger partial charge < -0.3 is 14.9 Å². The molecule has 0 aromatic rings. The third-order valence-electron chi connectivity index (χ3n) is 3.67. The summed E-state index contributed by atoms with van der Waals surface area (Å²) in [6, 6.07) is 0. The van der Waals surface area contributed by atoms with Gasteiger partial charge in [-0.1, -0.05) is 27.2 Å². The minimum Gasteiger partial charge on any atom is -0.394 e. The van der Waals surface area contributed by atoms with Gasteiger partial charge in [-0.25, -0.2) is 0 Å². The van der Waals surface area contributed by atoms with E-state index >= 15 is 0 Å². The van der Waals surface area contributed by atoms with Gasteiger partial charge in [0.2, 0.25) is 0 Å². The molecule has 1 saturated carbocycles. The lowest BCUT2D eigenvalue weighted by molar-refractivity contribution is -0.0776. The van der Waals surface area contributed by atoms with Crippen LogP contribution in [-0.2, 0) is 4.74 Å². The molecule has 0 saturated heterocycles. The molecule has 0 bridgehead atoms. The predicted molar refractivity (Wildman–Crippen MR) is 64.2 cm³/mol. The van der Waals surface area contributed by atoms with E-state index in [-0.39, 0.29) is 19.3 Å². The molecule has 4 atom stereocenters. The van der Waals surface area contributed by atoms with E-state index in [0.29, 0.717) is 17.8 Å². The molecule has 2 N–H and O–H groups in total. The number of hydrogen-bond donors (Lipinski definition) is 2. The molecule has 1 fully saturated rings. The Morgan fingerprint density at radius 2 is 2.00 bits per heavy atom. The van der Waals surface area contributed by atoms with Gasteiger partial charge >= 0.3 is 0 Å². The predicted octanol–water partition coefficient (Wildman–Crippen LogP) is 1.82. The minimum absolute atomic E-state index is 0.214. The number of rotatable bonds is 5. The lowest BCUT2D eigenvalue weighted by Gasteiger charge is -2.37. The van der Waals surface area contributed by atoms with Crippen LogP contribution in [0.3, 0.4) is 0 Å². The largest absolute Gasteiger partial charge is 0.394 e. The Morgan fingerprint density at radius 1 is 1.31 bits per heavy atom. The second-order valence-electron chi connectivity index (χ2n) is 5.53. The third kappa shape index (κ3) is 4.04. The van der Waals surface area contributed by atoms with E-state index in [2.05, 4.69) is 20.8 Å². The van der Waals surface area contributed by atoms with Gasteiger partial charge in [-0.2, -0.15) is 0 Å². The lowest BCUT2D eigenvalue weighted by atomic mass is 9.75. The standard InChI is InChI=1S/C13H26O3/c1-9(2)12-5-4-10(3)6-13(12)16-8-11(15)7-14/h9-15H,4-8H2,1-3H3/t10-,11-,12+,13-/m1/s1. The molecule has 1 aliphatic rings. The Labute approximate surface area is 98.8 Å². The first-order chi connectivity index (χ1) is 7.54. The van der Waals surface area contributed by atoms with E-state index in [1.165, 1.54) is 12.8 Å². The van der Waals surface area contributed by atoms with Gasteiger partial charge in [0.1, 0.15) is 6.10 Å². The number of aliphatic hydroxyl groups is 2. The molecule has 0 aromatic heterocycles. The molecule has 3 heteroatoms. The molecule has 1 rings (SSSR count). The van der Waals surface area contributed by atoms with Crippen LogP contribution in [0.4, 0.5) is 0 Å². The summed E-state index contributed by atoms with van der Waals surface area (Å²) < 4.78 is 5.77. The van der Waals surface area contributed by atoms with E-state index in [9.17, 15) is 5.11 Å². The van der Waals surface area contributed by atoms with Crippen LogP contribution in [0.5, 0.6) is 0 Å². The summed E-state index contributed by atoms with van der Waals surface area (Å²) in [4.78, 5) is 0. The zero-order chi connectivity index (χ0) is 12.1. The van der Waals surface area contributed by atoms with Crippen LogP contribution in [0.25, 0.3) is 0 Å². The fourth-order valence-corrected chi connectivity index (χ4v) is 2.59. The lowest BCUT2D eigenvalue weighted by Crippen LogP contribution is -2.36. The van der Waals surface area contributed by atoms with E-state index in [4.69, 9.17) is 9.84 Å². The summed E-state index contributed by atoms with van der Waals surface area (Å²) >= 11 is 0. The number of ether oxygens (including phenoxy) is 1. The quantitative estimate of drug-likeness (QED) is 0.757. The monoisotopic (exact) mass is 230 g/mol. The van der Waals surface area contributed by atoms with Gasteiger partial charge in [0, 0.05) is 0 Å². The van der Waals surface area contributed by atoms with Gasteiger partial charge in [-0.3, -0.25) is 0 Å². The molecule has 96 valence electrons. The first-order valence-corrected chi connectivity index (χ1v) is 6.45. The zero-order valence-electron chi connectivity index (χ0n) is 10.7. The van der Waals surface area contributed by atoms with Crippen molar-refractivity contribution in [1.29, 1.82) is 0 Å². The second kappa shape index (κ2) is 6.58. The van der Waals surface area contributed by atoms with Crippen LogP contribution in [0.15, 0.2) is 0 Å². The third-order valence-corrected chi connectivity index (χ3v) is 3.67. The van der Waals surface area contributed by atoms with E-state index in [1.54, 1.807) is 0 Å². The minimum atomic E-state index is -0.731. The van der Waals surface area contributed by atoms with Crippen LogP contribution in [0.1, 0.15) is 40.0 Å². The van der Waals surface area contributed by atoms with Crippen LogP contribution in [0.2, 0.25) is 0 Å². The van der Waals surface area contributed by atoms with Gasteiger partial charge in [0.25, 0.3) is 0 Å². The van der Waals surface area contributed by atoms with Crippen molar-refractivity contribution in [2.75, 3.05) is 13.2 Å². The molecule has 0 amide bonds. The average molecular weight is 230 g/mol. The maximum absolute atomic E-state index is 9.30. The second-order valence-corrected chi connectivity index (χ2v) is 5.53. The average Bonchev–Trinajstić information content (AvgIpc) is 2.25. The van der Waals surface area contributed by atoms with Gasteiger partial charge in [0.05, 0.1) is 19.3 Å². The normalized spacial score (nSPS) is 33.0. The van der Waals surface area contributed by atoms with E-state index < -0.39 is 6.10 Å². The summed E-state index contributed by atoms with van der Waals surface area (Å²) in [5.41, 5.74) is 0. The van der Waals surface area contributed by atoms with E-state index in [0.717, 1.165) is 6.42 Å². The highest BCUT2D eigenvalue weighted by Crippen LogP contribution is 2.35. The highest BCUT2D eigenvalue weighted by atomic mass is 16.5. The molecule has 0 radical (unpaired) electrons. The first-order valence-electron chi connectivity index (χ1n) is 6.45. The summed E-state index contributed by atoms with van der Waals surface area (Å²) in [7, 11) is 0. The highest BCUT2D eigenvalue weighted by Gasteiger charge is 2.31. The molecule has 16 heavy (non-hydrogen) atoms. The Balaban J connectivity index is 2.44. The zero-order valence-corrected chi connectivity index (χ0v) is 10.7. The van der Waals surface area contributed by atoms with Crippen molar-refractivity contribution in [3.8, 4) is 0 Å². The molecular formula is C13H26O3. The molecule has 0 unspecified atom stereocenters. The summed E-state index contributed by atoms with van der Waals surface area (Å²) in [5.74, 6) is 1.94. The first kappa shape index (κ1) is 13.9. The van der Waals surface area contributed by atoms with Crippen molar-refractivity contribution in [2.24, 2.45) is 17.8 Å². The Kier molecular flexibility index (Phi) is 5.73. The van der Waals surface area contributed by atoms with Crippen molar-refractivity contribution in [3.05, 3.63) is 0 Å². The molecule has 1 aliphatic carbocycles. The number of aliphatic hydroxyl groups excluding tert-OH is 2. The van der Waals surface area contributed by atoms with Crippen molar-refractivity contribution in [2.45, 2.75) is 52.2 Å². The Bertz CT molecular complexity index is 194. The highest BCUT2D eigenvalue weighted by molar-refractivity contribution is 4.81. The van der Waals surface area contributed by atoms with Crippen molar-refractivity contribution in [3.63, 3.8) is 0 Å². The van der Waals surface area contributed by atoms with Crippen molar-refractivity contribution in [1.82, 2.24) is 0 Å². The maximum Gasteiger partial charge on any atom is 0.100 e. The van der Waals surface area contributed by atoms with Gasteiger partial charge in [-0.15, -0.1) is 0 Å².